The van der Waals surface area contributed by atoms with E-state index in [2.05, 4.69) is 25.4 Å². The van der Waals surface area contributed by atoms with Gasteiger partial charge >= 0.3 is 0 Å². The molecule has 192 valence electrons. The first-order valence-corrected chi connectivity index (χ1v) is 11.1. The third-order valence-corrected chi connectivity index (χ3v) is 6.25. The van der Waals surface area contributed by atoms with Gasteiger partial charge in [0.25, 0.3) is 18.3 Å². The molecule has 13 heteroatoms. The molecule has 2 unspecified atom stereocenters. The van der Waals surface area contributed by atoms with Crippen LogP contribution < -0.4 is 5.32 Å². The monoisotopic (exact) mass is 509 g/mol. The molecule has 3 aromatic heterocycles. The molecule has 0 aliphatic carbocycles. The fourth-order valence-electron chi connectivity index (χ4n) is 4.35. The van der Waals surface area contributed by atoms with E-state index >= 15 is 0 Å². The van der Waals surface area contributed by atoms with Gasteiger partial charge in [-0.05, 0) is 25.0 Å². The van der Waals surface area contributed by atoms with Crippen molar-refractivity contribution in [1.29, 1.82) is 0 Å². The van der Waals surface area contributed by atoms with E-state index in [9.17, 15) is 26.7 Å². The summed E-state index contributed by atoms with van der Waals surface area (Å²) in [6.45, 7) is 2.50. The minimum absolute atomic E-state index is 0.0294. The van der Waals surface area contributed by atoms with E-state index in [1.807, 2.05) is 0 Å². The van der Waals surface area contributed by atoms with Crippen LogP contribution in [0.15, 0.2) is 30.7 Å². The Labute approximate surface area is 203 Å². The van der Waals surface area contributed by atoms with E-state index in [-0.39, 0.29) is 23.8 Å². The number of piperidine rings is 1. The number of alkyl halides is 4. The zero-order valence-electron chi connectivity index (χ0n) is 19.7. The molecule has 0 bridgehead atoms. The Balaban J connectivity index is 1.64. The summed E-state index contributed by atoms with van der Waals surface area (Å²) < 4.78 is 69.5. The Morgan fingerprint density at radius 3 is 2.56 bits per heavy atom. The molecule has 1 aliphatic rings. The van der Waals surface area contributed by atoms with Crippen molar-refractivity contribution in [3.05, 3.63) is 53.6 Å². The number of likely N-dealkylation sites (tertiary alicyclic amines) is 1. The summed E-state index contributed by atoms with van der Waals surface area (Å²) in [6.07, 6.45) is -0.164. The Morgan fingerprint density at radius 2 is 1.94 bits per heavy atom. The third-order valence-electron chi connectivity index (χ3n) is 6.25. The number of nitrogens with one attached hydrogen (secondary N) is 1. The van der Waals surface area contributed by atoms with Crippen LogP contribution in [0.3, 0.4) is 0 Å². The van der Waals surface area contributed by atoms with Gasteiger partial charge in [0.1, 0.15) is 17.3 Å². The maximum atomic E-state index is 14.6. The molecule has 1 aliphatic heterocycles. The van der Waals surface area contributed by atoms with Crippen LogP contribution in [0, 0.1) is 18.7 Å². The number of amides is 1. The molecule has 0 radical (unpaired) electrons. The molecule has 36 heavy (non-hydrogen) atoms. The van der Waals surface area contributed by atoms with Gasteiger partial charge < -0.3 is 10.2 Å². The first kappa shape index (κ1) is 25.5. The highest BCUT2D eigenvalue weighted by Gasteiger charge is 2.47. The van der Waals surface area contributed by atoms with Crippen molar-refractivity contribution in [2.75, 3.05) is 18.4 Å². The number of anilines is 1. The minimum Gasteiger partial charge on any atom is -0.367 e. The molecule has 0 saturated carbocycles. The standard InChI is InChI=1S/C23H24F5N7O/c1-12-6-23(27,28)11-35(17(12)9-32-18-10-30-16(8-31-18)21(25)26)22(36)20-19(13(2)34(3)33-20)15-5-4-14(24)7-29-15/h4-5,7-8,10,12,17,21H,6,9,11H2,1-3H3,(H,31,32). The molecule has 1 saturated heterocycles. The molecule has 4 rings (SSSR count). The van der Waals surface area contributed by atoms with Gasteiger partial charge in [-0.1, -0.05) is 6.92 Å². The lowest BCUT2D eigenvalue weighted by Gasteiger charge is -2.43. The van der Waals surface area contributed by atoms with Gasteiger partial charge in [0.2, 0.25) is 0 Å². The van der Waals surface area contributed by atoms with E-state index in [1.165, 1.54) is 16.8 Å². The summed E-state index contributed by atoms with van der Waals surface area (Å²) >= 11 is 0. The summed E-state index contributed by atoms with van der Waals surface area (Å²) in [5.74, 6) is -4.86. The zero-order chi connectivity index (χ0) is 26.2. The fraction of sp³-hybridized carbons (Fsp3) is 0.435. The lowest BCUT2D eigenvalue weighted by Crippen LogP contribution is -2.57. The van der Waals surface area contributed by atoms with Gasteiger partial charge in [0.15, 0.2) is 5.69 Å². The molecule has 4 heterocycles. The maximum absolute atomic E-state index is 14.6. The number of carbonyl (C=O) groups excluding carboxylic acids is 1. The summed E-state index contributed by atoms with van der Waals surface area (Å²) in [5.41, 5.74) is 0.592. The SMILES string of the molecule is Cc1c(-c2ccc(F)cn2)c(C(=O)N2CC(F)(F)CC(C)C2CNc2cnc(C(F)F)cn2)nn1C. The number of hydrogen-bond donors (Lipinski definition) is 1. The molecule has 3 aromatic rings. The highest BCUT2D eigenvalue weighted by Crippen LogP contribution is 2.36. The highest BCUT2D eigenvalue weighted by molar-refractivity contribution is 5.99. The second-order valence-corrected chi connectivity index (χ2v) is 8.84. The predicted molar refractivity (Wildman–Crippen MR) is 120 cm³/mol. The minimum atomic E-state index is -3.12. The number of pyridine rings is 1. The van der Waals surface area contributed by atoms with Crippen molar-refractivity contribution in [3.8, 4) is 11.3 Å². The van der Waals surface area contributed by atoms with Crippen LogP contribution in [0.25, 0.3) is 11.3 Å². The smallest absolute Gasteiger partial charge is 0.281 e. The van der Waals surface area contributed by atoms with E-state index in [1.54, 1.807) is 20.9 Å². The molecule has 1 N–H and O–H groups in total. The van der Waals surface area contributed by atoms with Crippen LogP contribution in [0.2, 0.25) is 0 Å². The maximum Gasteiger partial charge on any atom is 0.281 e. The number of rotatable bonds is 6. The number of hydrogen-bond acceptors (Lipinski definition) is 6. The average molecular weight is 509 g/mol. The largest absolute Gasteiger partial charge is 0.367 e. The van der Waals surface area contributed by atoms with Crippen molar-refractivity contribution < 1.29 is 26.7 Å². The molecule has 1 fully saturated rings. The Hall–Kier alpha value is -3.64. The average Bonchev–Trinajstić information content (AvgIpc) is 3.12. The van der Waals surface area contributed by atoms with Crippen LogP contribution in [-0.2, 0) is 7.05 Å². The van der Waals surface area contributed by atoms with Crippen molar-refractivity contribution in [1.82, 2.24) is 29.6 Å². The summed E-state index contributed by atoms with van der Waals surface area (Å²) in [4.78, 5) is 26.3. The van der Waals surface area contributed by atoms with E-state index in [0.29, 0.717) is 11.3 Å². The van der Waals surface area contributed by atoms with Gasteiger partial charge in [0, 0.05) is 25.7 Å². The molecule has 0 spiro atoms. The molecule has 0 aromatic carbocycles. The van der Waals surface area contributed by atoms with Crippen LogP contribution in [0.5, 0.6) is 0 Å². The lowest BCUT2D eigenvalue weighted by molar-refractivity contribution is -0.0898. The molecule has 8 nitrogen and oxygen atoms in total. The van der Waals surface area contributed by atoms with Crippen molar-refractivity contribution in [2.45, 2.75) is 38.7 Å². The summed E-state index contributed by atoms with van der Waals surface area (Å²) in [7, 11) is 1.60. The van der Waals surface area contributed by atoms with Crippen molar-refractivity contribution in [2.24, 2.45) is 13.0 Å². The molecule has 1 amide bonds. The second-order valence-electron chi connectivity index (χ2n) is 8.84. The first-order chi connectivity index (χ1) is 17.0. The number of aromatic nitrogens is 5. The van der Waals surface area contributed by atoms with Crippen LogP contribution in [-0.4, -0.2) is 60.6 Å². The quantitative estimate of drug-likeness (QED) is 0.500. The van der Waals surface area contributed by atoms with Crippen LogP contribution >= 0.6 is 0 Å². The zero-order valence-corrected chi connectivity index (χ0v) is 19.7. The fourth-order valence-corrected chi connectivity index (χ4v) is 4.35. The van der Waals surface area contributed by atoms with E-state index < -0.39 is 54.7 Å². The summed E-state index contributed by atoms with van der Waals surface area (Å²) in [6, 6.07) is 1.89. The highest BCUT2D eigenvalue weighted by atomic mass is 19.3. The number of carbonyl (C=O) groups is 1. The lowest BCUT2D eigenvalue weighted by atomic mass is 9.88. The van der Waals surface area contributed by atoms with E-state index in [4.69, 9.17) is 0 Å². The Morgan fingerprint density at radius 1 is 1.19 bits per heavy atom. The third kappa shape index (κ3) is 5.14. The normalized spacial score (nSPS) is 19.5. The number of aryl methyl sites for hydroxylation is 1. The van der Waals surface area contributed by atoms with Crippen LogP contribution in [0.4, 0.5) is 27.8 Å². The second kappa shape index (κ2) is 9.78. The van der Waals surface area contributed by atoms with Gasteiger partial charge in [-0.3, -0.25) is 14.5 Å². The topological polar surface area (TPSA) is 88.8 Å². The first-order valence-electron chi connectivity index (χ1n) is 11.1. The van der Waals surface area contributed by atoms with Gasteiger partial charge in [-0.15, -0.1) is 0 Å². The molecule has 2 atom stereocenters. The van der Waals surface area contributed by atoms with Crippen molar-refractivity contribution in [3.63, 3.8) is 0 Å². The van der Waals surface area contributed by atoms with Crippen LogP contribution in [0.1, 0.15) is 41.6 Å². The van der Waals surface area contributed by atoms with Gasteiger partial charge in [-0.2, -0.15) is 5.10 Å². The molecular weight excluding hydrogens is 485 g/mol. The Kier molecular flexibility index (Phi) is 6.92. The van der Waals surface area contributed by atoms with E-state index in [0.717, 1.165) is 23.5 Å². The summed E-state index contributed by atoms with van der Waals surface area (Å²) in [5, 5.41) is 7.18. The number of nitrogens with zero attached hydrogens (tertiary/aromatic N) is 6. The number of halogens is 5. The predicted octanol–water partition coefficient (Wildman–Crippen LogP) is 4.26. The Bertz CT molecular complexity index is 1230. The van der Waals surface area contributed by atoms with Gasteiger partial charge in [-0.25, -0.2) is 31.9 Å². The van der Waals surface area contributed by atoms with Crippen molar-refractivity contribution >= 4 is 11.7 Å². The molecular formula is C23H24F5N7O. The van der Waals surface area contributed by atoms with Gasteiger partial charge in [0.05, 0.1) is 42.4 Å².